The lowest BCUT2D eigenvalue weighted by atomic mass is 9.69. The predicted octanol–water partition coefficient (Wildman–Crippen LogP) is 4.26. The highest BCUT2D eigenvalue weighted by atomic mass is 14.5. The first-order chi connectivity index (χ1) is 6.58. The average Bonchev–Trinajstić information content (AvgIpc) is 2.43. The van der Waals surface area contributed by atoms with E-state index in [0.717, 1.165) is 5.92 Å². The fraction of sp³-hybridized carbons (Fsp3) is 0.571. The molecule has 0 saturated heterocycles. The molecular formula is C14H20. The highest BCUT2D eigenvalue weighted by Crippen LogP contribution is 2.53. The van der Waals surface area contributed by atoms with Gasteiger partial charge >= 0.3 is 0 Å². The fourth-order valence-electron chi connectivity index (χ4n) is 2.94. The Morgan fingerprint density at radius 3 is 2.93 bits per heavy atom. The van der Waals surface area contributed by atoms with E-state index in [1.165, 1.54) is 30.4 Å². The molecule has 2 rings (SSSR count). The number of allylic oxidation sites excluding steroid dienone is 5. The molecule has 0 aromatic heterocycles. The Bertz CT molecular complexity index is 330. The molecule has 14 heavy (non-hydrogen) atoms. The predicted molar refractivity (Wildman–Crippen MR) is 62.1 cm³/mol. The topological polar surface area (TPSA) is 0 Å². The minimum absolute atomic E-state index is 0.434. The van der Waals surface area contributed by atoms with Crippen LogP contribution in [0.25, 0.3) is 0 Å². The first-order valence-corrected chi connectivity index (χ1v) is 5.61. The molecule has 0 aromatic carbocycles. The van der Waals surface area contributed by atoms with Crippen molar-refractivity contribution in [2.45, 2.75) is 40.0 Å². The van der Waals surface area contributed by atoms with Crippen molar-refractivity contribution in [3.8, 4) is 0 Å². The van der Waals surface area contributed by atoms with Gasteiger partial charge in [-0.1, -0.05) is 38.2 Å². The smallest absolute Gasteiger partial charge is 0.00470 e. The van der Waals surface area contributed by atoms with E-state index in [-0.39, 0.29) is 0 Å². The van der Waals surface area contributed by atoms with Crippen LogP contribution in [0, 0.1) is 11.3 Å². The lowest BCUT2D eigenvalue weighted by Gasteiger charge is -2.35. The van der Waals surface area contributed by atoms with Crippen molar-refractivity contribution in [3.05, 3.63) is 35.5 Å². The Hall–Kier alpha value is -0.780. The second kappa shape index (κ2) is 3.12. The van der Waals surface area contributed by atoms with Crippen molar-refractivity contribution in [2.24, 2.45) is 11.3 Å². The van der Waals surface area contributed by atoms with E-state index in [0.29, 0.717) is 5.41 Å². The molecule has 0 nitrogen and oxygen atoms in total. The Balaban J connectivity index is 2.42. The van der Waals surface area contributed by atoms with Crippen LogP contribution in [0.3, 0.4) is 0 Å². The summed E-state index contributed by atoms with van der Waals surface area (Å²) in [5, 5.41) is 0. The lowest BCUT2D eigenvalue weighted by molar-refractivity contribution is 0.293. The van der Waals surface area contributed by atoms with Crippen LogP contribution in [0.15, 0.2) is 35.5 Å². The van der Waals surface area contributed by atoms with Gasteiger partial charge in [-0.05, 0) is 48.7 Å². The summed E-state index contributed by atoms with van der Waals surface area (Å²) < 4.78 is 0. The minimum Gasteiger partial charge on any atom is -0.0988 e. The van der Waals surface area contributed by atoms with Crippen molar-refractivity contribution in [1.29, 1.82) is 0 Å². The second-order valence-corrected chi connectivity index (χ2v) is 5.12. The summed E-state index contributed by atoms with van der Waals surface area (Å²) in [7, 11) is 0. The molecule has 2 aliphatic carbocycles. The lowest BCUT2D eigenvalue weighted by Crippen LogP contribution is -2.24. The molecule has 0 amide bonds. The summed E-state index contributed by atoms with van der Waals surface area (Å²) in [6.07, 6.45) is 8.32. The molecule has 0 radical (unpaired) electrons. The third-order valence-electron chi connectivity index (χ3n) is 4.37. The van der Waals surface area contributed by atoms with E-state index < -0.39 is 0 Å². The molecule has 0 heterocycles. The zero-order valence-corrected chi connectivity index (χ0v) is 9.56. The van der Waals surface area contributed by atoms with Crippen molar-refractivity contribution >= 4 is 0 Å². The van der Waals surface area contributed by atoms with Crippen molar-refractivity contribution in [1.82, 2.24) is 0 Å². The molecule has 0 heteroatoms. The van der Waals surface area contributed by atoms with E-state index in [1.807, 2.05) is 6.08 Å². The van der Waals surface area contributed by atoms with Crippen LogP contribution < -0.4 is 0 Å². The maximum atomic E-state index is 3.92. The largest absolute Gasteiger partial charge is 0.0988 e. The number of hydrogen-bond acceptors (Lipinski definition) is 0. The van der Waals surface area contributed by atoms with E-state index in [4.69, 9.17) is 0 Å². The molecule has 1 fully saturated rings. The maximum Gasteiger partial charge on any atom is -0.00470 e. The molecule has 2 aliphatic rings. The molecule has 0 spiro atoms. The molecule has 1 saturated carbocycles. The molecule has 0 aliphatic heterocycles. The van der Waals surface area contributed by atoms with Crippen LogP contribution >= 0.6 is 0 Å². The molecule has 0 N–H and O–H groups in total. The van der Waals surface area contributed by atoms with Crippen LogP contribution in [0.4, 0.5) is 0 Å². The first-order valence-electron chi connectivity index (χ1n) is 5.61. The van der Waals surface area contributed by atoms with E-state index in [1.54, 1.807) is 5.57 Å². The Labute approximate surface area is 87.4 Å². The Kier molecular flexibility index (Phi) is 2.17. The standard InChI is InChI=1S/C14H20/c1-5-12-9-14(4)11(3)6-7-13(14)8-10(12)2/h5,8,11H,1,6-7,9H2,2-4H3. The van der Waals surface area contributed by atoms with Crippen LogP contribution in [-0.4, -0.2) is 0 Å². The van der Waals surface area contributed by atoms with Gasteiger partial charge in [0.05, 0.1) is 0 Å². The normalized spacial score (nSPS) is 36.8. The van der Waals surface area contributed by atoms with Gasteiger partial charge in [-0.3, -0.25) is 0 Å². The third kappa shape index (κ3) is 1.20. The number of fused-ring (bicyclic) bond motifs is 1. The van der Waals surface area contributed by atoms with Gasteiger partial charge in [0.1, 0.15) is 0 Å². The van der Waals surface area contributed by atoms with E-state index in [9.17, 15) is 0 Å². The summed E-state index contributed by atoms with van der Waals surface area (Å²) in [4.78, 5) is 0. The third-order valence-corrected chi connectivity index (χ3v) is 4.37. The Morgan fingerprint density at radius 1 is 1.57 bits per heavy atom. The summed E-state index contributed by atoms with van der Waals surface area (Å²) in [5.74, 6) is 0.830. The van der Waals surface area contributed by atoms with Gasteiger partial charge in [0.15, 0.2) is 0 Å². The van der Waals surface area contributed by atoms with Crippen LogP contribution in [0.5, 0.6) is 0 Å². The highest BCUT2D eigenvalue weighted by Gasteiger charge is 2.41. The number of rotatable bonds is 1. The highest BCUT2D eigenvalue weighted by molar-refractivity contribution is 5.42. The zero-order chi connectivity index (χ0) is 10.3. The molecular weight excluding hydrogens is 168 g/mol. The molecule has 76 valence electrons. The summed E-state index contributed by atoms with van der Waals surface area (Å²) in [5.41, 5.74) is 4.99. The first kappa shape index (κ1) is 9.76. The van der Waals surface area contributed by atoms with Crippen LogP contribution in [0.2, 0.25) is 0 Å². The van der Waals surface area contributed by atoms with Gasteiger partial charge in [-0.2, -0.15) is 0 Å². The van der Waals surface area contributed by atoms with Gasteiger partial charge in [0.25, 0.3) is 0 Å². The monoisotopic (exact) mass is 188 g/mol. The van der Waals surface area contributed by atoms with Gasteiger partial charge < -0.3 is 0 Å². The molecule has 0 bridgehead atoms. The summed E-state index contributed by atoms with van der Waals surface area (Å²) in [6, 6.07) is 0. The van der Waals surface area contributed by atoms with Crippen LogP contribution in [0.1, 0.15) is 40.0 Å². The van der Waals surface area contributed by atoms with Gasteiger partial charge in [-0.15, -0.1) is 0 Å². The van der Waals surface area contributed by atoms with E-state index in [2.05, 4.69) is 33.4 Å². The SMILES string of the molecule is C=CC1=C(C)C=C2CCC(C)C2(C)C1. The van der Waals surface area contributed by atoms with Crippen molar-refractivity contribution < 1.29 is 0 Å². The van der Waals surface area contributed by atoms with Crippen molar-refractivity contribution in [3.63, 3.8) is 0 Å². The minimum atomic E-state index is 0.434. The quantitative estimate of drug-likeness (QED) is 0.577. The average molecular weight is 188 g/mol. The maximum absolute atomic E-state index is 3.92. The van der Waals surface area contributed by atoms with E-state index >= 15 is 0 Å². The number of hydrogen-bond donors (Lipinski definition) is 0. The summed E-state index contributed by atoms with van der Waals surface area (Å²) in [6.45, 7) is 10.9. The zero-order valence-electron chi connectivity index (χ0n) is 9.56. The second-order valence-electron chi connectivity index (χ2n) is 5.12. The van der Waals surface area contributed by atoms with Gasteiger partial charge in [-0.25, -0.2) is 0 Å². The van der Waals surface area contributed by atoms with Crippen LogP contribution in [-0.2, 0) is 0 Å². The molecule has 2 unspecified atom stereocenters. The van der Waals surface area contributed by atoms with Gasteiger partial charge in [0.2, 0.25) is 0 Å². The Morgan fingerprint density at radius 2 is 2.29 bits per heavy atom. The van der Waals surface area contributed by atoms with Crippen molar-refractivity contribution in [2.75, 3.05) is 0 Å². The summed E-state index contributed by atoms with van der Waals surface area (Å²) >= 11 is 0. The molecule has 0 aromatic rings. The molecule has 2 atom stereocenters. The fourth-order valence-corrected chi connectivity index (χ4v) is 2.94. The van der Waals surface area contributed by atoms with Gasteiger partial charge in [0, 0.05) is 0 Å².